The molecule has 0 saturated carbocycles. The Labute approximate surface area is 192 Å². The van der Waals surface area contributed by atoms with Gasteiger partial charge in [0, 0.05) is 24.0 Å². The molecule has 176 valence electrons. The lowest BCUT2D eigenvalue weighted by Gasteiger charge is -2.21. The smallest absolute Gasteiger partial charge is 0.349 e. The molecule has 2 aromatic carbocycles. The maximum Gasteiger partial charge on any atom is 0.349 e. The van der Waals surface area contributed by atoms with Crippen molar-refractivity contribution in [2.75, 3.05) is 0 Å². The zero-order chi connectivity index (χ0) is 24.4. The lowest BCUT2D eigenvalue weighted by Crippen LogP contribution is -2.24. The van der Waals surface area contributed by atoms with Crippen molar-refractivity contribution < 1.29 is 38.9 Å². The molecule has 0 heterocycles. The molecule has 0 radical (unpaired) electrons. The second kappa shape index (κ2) is 12.4. The summed E-state index contributed by atoms with van der Waals surface area (Å²) in [6.07, 6.45) is -2.85. The summed E-state index contributed by atoms with van der Waals surface area (Å²) < 4.78 is 10.4. The minimum atomic E-state index is -1.46. The highest BCUT2D eigenvalue weighted by molar-refractivity contribution is 5.81. The lowest BCUT2D eigenvalue weighted by molar-refractivity contribution is -0.167. The van der Waals surface area contributed by atoms with Gasteiger partial charge < -0.3 is 19.7 Å². The summed E-state index contributed by atoms with van der Waals surface area (Å²) in [5.74, 6) is -4.50. The van der Waals surface area contributed by atoms with Gasteiger partial charge in [-0.05, 0) is 18.3 Å². The molecule has 2 N–H and O–H groups in total. The monoisotopic (exact) mass is 456 g/mol. The minimum Gasteiger partial charge on any atom is -0.478 e. The lowest BCUT2D eigenvalue weighted by atomic mass is 9.91. The van der Waals surface area contributed by atoms with Gasteiger partial charge in [0.05, 0.1) is 0 Å². The van der Waals surface area contributed by atoms with Crippen LogP contribution in [0, 0.1) is 11.8 Å². The first-order valence-electron chi connectivity index (χ1n) is 10.6. The number of carboxylic acid groups (broad SMARTS) is 2. The van der Waals surface area contributed by atoms with Gasteiger partial charge in [-0.15, -0.1) is 0 Å². The van der Waals surface area contributed by atoms with Crippen LogP contribution in [0.2, 0.25) is 0 Å². The fourth-order valence-corrected chi connectivity index (χ4v) is 3.51. The molecular formula is C25H28O8. The Morgan fingerprint density at radius 3 is 1.36 bits per heavy atom. The van der Waals surface area contributed by atoms with Crippen molar-refractivity contribution in [1.29, 1.82) is 0 Å². The molecular weight excluding hydrogens is 428 g/mol. The van der Waals surface area contributed by atoms with Crippen molar-refractivity contribution in [3.63, 3.8) is 0 Å². The van der Waals surface area contributed by atoms with Crippen molar-refractivity contribution in [2.24, 2.45) is 11.8 Å². The van der Waals surface area contributed by atoms with Crippen LogP contribution in [0.15, 0.2) is 60.7 Å². The number of carboxylic acids is 2. The predicted molar refractivity (Wildman–Crippen MR) is 118 cm³/mol. The van der Waals surface area contributed by atoms with Gasteiger partial charge in [-0.2, -0.15) is 0 Å². The van der Waals surface area contributed by atoms with E-state index in [2.05, 4.69) is 0 Å². The highest BCUT2D eigenvalue weighted by Crippen LogP contribution is 2.26. The van der Waals surface area contributed by atoms with Gasteiger partial charge in [-0.25, -0.2) is 9.59 Å². The van der Waals surface area contributed by atoms with Crippen molar-refractivity contribution in [3.05, 3.63) is 71.8 Å². The molecule has 0 aliphatic heterocycles. The first kappa shape index (κ1) is 25.6. The van der Waals surface area contributed by atoms with E-state index in [-0.39, 0.29) is 18.8 Å². The topological polar surface area (TPSA) is 127 Å². The SMILES string of the molecule is CC(C)CC(CC(=O)OC(C(=O)O)c1ccccc1)CC(=O)O[C@H](C(=O)O)c1ccccc1. The van der Waals surface area contributed by atoms with Gasteiger partial charge in [0.15, 0.2) is 0 Å². The van der Waals surface area contributed by atoms with Crippen LogP contribution >= 0.6 is 0 Å². The van der Waals surface area contributed by atoms with E-state index in [0.29, 0.717) is 17.5 Å². The molecule has 2 aromatic rings. The molecule has 8 nitrogen and oxygen atoms in total. The van der Waals surface area contributed by atoms with Gasteiger partial charge in [0.2, 0.25) is 12.2 Å². The molecule has 0 saturated heterocycles. The Hall–Kier alpha value is -3.68. The van der Waals surface area contributed by atoms with Crippen LogP contribution in [0.1, 0.15) is 56.4 Å². The van der Waals surface area contributed by atoms with Crippen molar-refractivity contribution in [2.45, 2.75) is 45.3 Å². The quantitative estimate of drug-likeness (QED) is 0.456. The van der Waals surface area contributed by atoms with E-state index < -0.39 is 42.0 Å². The first-order valence-corrected chi connectivity index (χ1v) is 10.6. The number of benzene rings is 2. The molecule has 0 bridgehead atoms. The molecule has 0 aliphatic rings. The zero-order valence-electron chi connectivity index (χ0n) is 18.5. The number of hydrogen-bond donors (Lipinski definition) is 2. The van der Waals surface area contributed by atoms with E-state index in [0.717, 1.165) is 0 Å². The maximum absolute atomic E-state index is 12.5. The van der Waals surface area contributed by atoms with E-state index in [1.54, 1.807) is 60.7 Å². The fraction of sp³-hybridized carbons (Fsp3) is 0.360. The standard InChI is InChI=1S/C25H28O8/c1-16(2)13-17(14-20(26)32-22(24(28)29)18-9-5-3-6-10-18)15-21(27)33-23(25(30)31)19-11-7-4-8-12-19/h3-12,16-17,22-23H,13-15H2,1-2H3,(H,28,29)(H,30,31)/t17?,22-,23?/m0/s1. The van der Waals surface area contributed by atoms with Gasteiger partial charge in [-0.3, -0.25) is 9.59 Å². The van der Waals surface area contributed by atoms with Crippen LogP contribution in [-0.4, -0.2) is 34.1 Å². The van der Waals surface area contributed by atoms with Gasteiger partial charge >= 0.3 is 23.9 Å². The average Bonchev–Trinajstić information content (AvgIpc) is 2.76. The normalized spacial score (nSPS) is 13.5. The Balaban J connectivity index is 2.05. The van der Waals surface area contributed by atoms with Crippen molar-refractivity contribution in [1.82, 2.24) is 0 Å². The van der Waals surface area contributed by atoms with E-state index in [4.69, 9.17) is 9.47 Å². The summed E-state index contributed by atoms with van der Waals surface area (Å²) in [4.78, 5) is 48.2. The number of ether oxygens (including phenoxy) is 2. The van der Waals surface area contributed by atoms with Gasteiger partial charge in [0.25, 0.3) is 0 Å². The summed E-state index contributed by atoms with van der Waals surface area (Å²) in [6, 6.07) is 16.2. The highest BCUT2D eigenvalue weighted by Gasteiger charge is 2.29. The maximum atomic E-state index is 12.5. The molecule has 8 heteroatoms. The number of esters is 2. The summed E-state index contributed by atoms with van der Waals surface area (Å²) in [5.41, 5.74) is 0.649. The van der Waals surface area contributed by atoms with Crippen molar-refractivity contribution in [3.8, 4) is 0 Å². The number of hydrogen-bond acceptors (Lipinski definition) is 6. The number of rotatable bonds is 12. The molecule has 0 aromatic heterocycles. The largest absolute Gasteiger partial charge is 0.478 e. The van der Waals surface area contributed by atoms with Crippen LogP contribution in [0.3, 0.4) is 0 Å². The van der Waals surface area contributed by atoms with E-state index >= 15 is 0 Å². The van der Waals surface area contributed by atoms with Crippen LogP contribution in [0.25, 0.3) is 0 Å². The van der Waals surface area contributed by atoms with Crippen LogP contribution in [-0.2, 0) is 28.7 Å². The fourth-order valence-electron chi connectivity index (χ4n) is 3.51. The third-order valence-electron chi connectivity index (χ3n) is 4.87. The Kier molecular flexibility index (Phi) is 9.60. The molecule has 0 aliphatic carbocycles. The van der Waals surface area contributed by atoms with Gasteiger partial charge in [0.1, 0.15) is 0 Å². The number of aliphatic carboxylic acids is 2. The first-order chi connectivity index (χ1) is 15.7. The Morgan fingerprint density at radius 1 is 0.697 bits per heavy atom. The summed E-state index contributed by atoms with van der Waals surface area (Å²) >= 11 is 0. The molecule has 3 atom stereocenters. The summed E-state index contributed by atoms with van der Waals surface area (Å²) in [7, 11) is 0. The highest BCUT2D eigenvalue weighted by atomic mass is 16.6. The minimum absolute atomic E-state index is 0.129. The molecule has 0 amide bonds. The van der Waals surface area contributed by atoms with E-state index in [1.807, 2.05) is 13.8 Å². The average molecular weight is 456 g/mol. The zero-order valence-corrected chi connectivity index (χ0v) is 18.5. The molecule has 0 fully saturated rings. The second-order valence-electron chi connectivity index (χ2n) is 8.14. The Morgan fingerprint density at radius 2 is 1.06 bits per heavy atom. The molecule has 2 unspecified atom stereocenters. The van der Waals surface area contributed by atoms with E-state index in [9.17, 15) is 29.4 Å². The van der Waals surface area contributed by atoms with Crippen LogP contribution in [0.5, 0.6) is 0 Å². The Bertz CT molecular complexity index is 866. The molecule has 33 heavy (non-hydrogen) atoms. The number of carbonyl (C=O) groups excluding carboxylic acids is 2. The van der Waals surface area contributed by atoms with Crippen molar-refractivity contribution >= 4 is 23.9 Å². The third kappa shape index (κ3) is 8.40. The summed E-state index contributed by atoms with van der Waals surface area (Å²) in [5, 5.41) is 18.9. The molecule has 2 rings (SSSR count). The number of carbonyl (C=O) groups is 4. The van der Waals surface area contributed by atoms with E-state index in [1.165, 1.54) is 0 Å². The predicted octanol–water partition coefficient (Wildman–Crippen LogP) is 4.17. The summed E-state index contributed by atoms with van der Waals surface area (Å²) in [6.45, 7) is 3.83. The second-order valence-corrected chi connectivity index (χ2v) is 8.14. The van der Waals surface area contributed by atoms with Crippen LogP contribution in [0.4, 0.5) is 0 Å². The van der Waals surface area contributed by atoms with Gasteiger partial charge in [-0.1, -0.05) is 74.5 Å². The third-order valence-corrected chi connectivity index (χ3v) is 4.87. The van der Waals surface area contributed by atoms with Crippen LogP contribution < -0.4 is 0 Å². The molecule has 0 spiro atoms.